The van der Waals surface area contributed by atoms with E-state index in [0.29, 0.717) is 6.61 Å². The van der Waals surface area contributed by atoms with Gasteiger partial charge < -0.3 is 10.5 Å². The summed E-state index contributed by atoms with van der Waals surface area (Å²) >= 11 is 0. The summed E-state index contributed by atoms with van der Waals surface area (Å²) in [6.45, 7) is 6.28. The molecule has 0 atom stereocenters. The van der Waals surface area contributed by atoms with E-state index in [9.17, 15) is 4.79 Å². The van der Waals surface area contributed by atoms with E-state index in [2.05, 4.69) is 4.74 Å². The van der Waals surface area contributed by atoms with Gasteiger partial charge in [-0.3, -0.25) is 0 Å². The summed E-state index contributed by atoms with van der Waals surface area (Å²) in [4.78, 5) is 10.0. The first kappa shape index (κ1) is 12.3. The zero-order valence-electron chi connectivity index (χ0n) is 6.51. The van der Waals surface area contributed by atoms with E-state index in [4.69, 9.17) is 5.73 Å². The van der Waals surface area contributed by atoms with Crippen molar-refractivity contribution in [1.82, 2.24) is 0 Å². The minimum Gasteiger partial charge on any atom is -0.449 e. The summed E-state index contributed by atoms with van der Waals surface area (Å²) in [7, 11) is 0. The predicted octanol–water partition coefficient (Wildman–Crippen LogP) is 1.55. The molecule has 0 spiro atoms. The van der Waals surface area contributed by atoms with Gasteiger partial charge in [-0.25, -0.2) is 4.79 Å². The third-order valence-electron chi connectivity index (χ3n) is 0.647. The number of carbonyl (C=O) groups is 1. The molecule has 1 amide bonds. The molecule has 2 N–H and O–H groups in total. The Balaban J connectivity index is 0. The maximum absolute atomic E-state index is 10.0. The Bertz CT molecular complexity index is 109. The first-order valence-corrected chi connectivity index (χ1v) is 2.84. The Labute approximate surface area is 67.3 Å². The summed E-state index contributed by atoms with van der Waals surface area (Å²) in [6.07, 6.45) is -0.704. The molecule has 3 nitrogen and oxygen atoms in total. The molecule has 0 aromatic heterocycles. The fourth-order valence-corrected chi connectivity index (χ4v) is 0.288. The summed E-state index contributed by atoms with van der Waals surface area (Å²) in [5, 5.41) is 0. The molecular formula is C6H14ClNO2. The molecule has 0 radical (unpaired) electrons. The number of hydrogen-bond donors (Lipinski definition) is 1. The van der Waals surface area contributed by atoms with Crippen molar-refractivity contribution in [2.75, 3.05) is 6.61 Å². The van der Waals surface area contributed by atoms with E-state index < -0.39 is 6.09 Å². The van der Waals surface area contributed by atoms with Gasteiger partial charge in [0.1, 0.15) is 0 Å². The van der Waals surface area contributed by atoms with Gasteiger partial charge in [-0.1, -0.05) is 20.8 Å². The summed E-state index contributed by atoms with van der Waals surface area (Å²) in [5.74, 6) is 0. The Hall–Kier alpha value is -0.440. The van der Waals surface area contributed by atoms with Crippen molar-refractivity contribution >= 4 is 18.5 Å². The summed E-state index contributed by atoms with van der Waals surface area (Å²) < 4.78 is 4.55. The van der Waals surface area contributed by atoms with Crippen LogP contribution in [-0.4, -0.2) is 12.7 Å². The molecule has 4 heteroatoms. The number of halogens is 1. The third kappa shape index (κ3) is 10.5. The van der Waals surface area contributed by atoms with Gasteiger partial charge in [0.05, 0.1) is 6.61 Å². The molecule has 0 fully saturated rings. The average molecular weight is 168 g/mol. The predicted molar refractivity (Wildman–Crippen MR) is 42.2 cm³/mol. The number of carbonyl (C=O) groups excluding carboxylic acids is 1. The van der Waals surface area contributed by atoms with Crippen molar-refractivity contribution in [1.29, 1.82) is 0 Å². The van der Waals surface area contributed by atoms with Crippen molar-refractivity contribution in [3.63, 3.8) is 0 Å². The number of rotatable bonds is 1. The minimum absolute atomic E-state index is 0. The highest BCUT2D eigenvalue weighted by molar-refractivity contribution is 5.85. The highest BCUT2D eigenvalue weighted by atomic mass is 35.5. The van der Waals surface area contributed by atoms with Gasteiger partial charge in [0.25, 0.3) is 0 Å². The van der Waals surface area contributed by atoms with Crippen LogP contribution in [0.2, 0.25) is 0 Å². The molecule has 0 aliphatic carbocycles. The Morgan fingerprint density at radius 1 is 1.50 bits per heavy atom. The molecule has 0 aliphatic rings. The van der Waals surface area contributed by atoms with Crippen LogP contribution in [0.25, 0.3) is 0 Å². The SMILES string of the molecule is CC(C)(C)COC(N)=O.Cl. The van der Waals surface area contributed by atoms with Gasteiger partial charge >= 0.3 is 6.09 Å². The highest BCUT2D eigenvalue weighted by Crippen LogP contribution is 2.12. The minimum atomic E-state index is -0.704. The normalized spacial score (nSPS) is 9.90. The molecule has 0 aromatic rings. The van der Waals surface area contributed by atoms with Gasteiger partial charge in [-0.15, -0.1) is 12.4 Å². The number of amides is 1. The zero-order chi connectivity index (χ0) is 7.49. The number of nitrogens with two attached hydrogens (primary N) is 1. The van der Waals surface area contributed by atoms with Crippen LogP contribution < -0.4 is 5.73 Å². The van der Waals surface area contributed by atoms with E-state index in [1.165, 1.54) is 0 Å². The standard InChI is InChI=1S/C6H13NO2.ClH/c1-6(2,3)4-9-5(7)8;/h4H2,1-3H3,(H2,7,8);1H. The van der Waals surface area contributed by atoms with E-state index in [-0.39, 0.29) is 17.8 Å². The molecule has 0 aromatic carbocycles. The lowest BCUT2D eigenvalue weighted by atomic mass is 9.99. The van der Waals surface area contributed by atoms with Gasteiger partial charge in [0.15, 0.2) is 0 Å². The molecule has 0 bridgehead atoms. The Morgan fingerprint density at radius 3 is 2.00 bits per heavy atom. The molecule has 10 heavy (non-hydrogen) atoms. The maximum atomic E-state index is 10.0. The molecule has 62 valence electrons. The van der Waals surface area contributed by atoms with E-state index in [0.717, 1.165) is 0 Å². The zero-order valence-corrected chi connectivity index (χ0v) is 7.33. The van der Waals surface area contributed by atoms with Crippen molar-refractivity contribution in [3.8, 4) is 0 Å². The average Bonchev–Trinajstić information content (AvgIpc) is 1.59. The monoisotopic (exact) mass is 167 g/mol. The molecule has 0 rings (SSSR count). The second kappa shape index (κ2) is 4.39. The lowest BCUT2D eigenvalue weighted by Crippen LogP contribution is -2.21. The van der Waals surface area contributed by atoms with Crippen molar-refractivity contribution in [2.24, 2.45) is 11.1 Å². The maximum Gasteiger partial charge on any atom is 0.404 e. The molecule has 0 heterocycles. The van der Waals surface area contributed by atoms with E-state index in [1.807, 2.05) is 20.8 Å². The van der Waals surface area contributed by atoms with Crippen molar-refractivity contribution < 1.29 is 9.53 Å². The Morgan fingerprint density at radius 2 is 1.90 bits per heavy atom. The van der Waals surface area contributed by atoms with Crippen LogP contribution >= 0.6 is 12.4 Å². The van der Waals surface area contributed by atoms with Gasteiger partial charge in [0.2, 0.25) is 0 Å². The van der Waals surface area contributed by atoms with Crippen LogP contribution in [0.5, 0.6) is 0 Å². The largest absolute Gasteiger partial charge is 0.449 e. The smallest absolute Gasteiger partial charge is 0.404 e. The summed E-state index contributed by atoms with van der Waals surface area (Å²) in [5.41, 5.74) is 4.75. The molecule has 0 aliphatic heterocycles. The number of primary amides is 1. The quantitative estimate of drug-likeness (QED) is 0.644. The molecule has 0 unspecified atom stereocenters. The van der Waals surface area contributed by atoms with Crippen LogP contribution in [0.1, 0.15) is 20.8 Å². The first-order valence-electron chi connectivity index (χ1n) is 2.84. The van der Waals surface area contributed by atoms with E-state index in [1.54, 1.807) is 0 Å². The highest BCUT2D eigenvalue weighted by Gasteiger charge is 2.11. The lowest BCUT2D eigenvalue weighted by molar-refractivity contribution is 0.114. The topological polar surface area (TPSA) is 52.3 Å². The van der Waals surface area contributed by atoms with Gasteiger partial charge in [-0.2, -0.15) is 0 Å². The lowest BCUT2D eigenvalue weighted by Gasteiger charge is -2.16. The van der Waals surface area contributed by atoms with Crippen molar-refractivity contribution in [3.05, 3.63) is 0 Å². The second-order valence-electron chi connectivity index (χ2n) is 3.17. The van der Waals surface area contributed by atoms with Crippen LogP contribution in [0.15, 0.2) is 0 Å². The van der Waals surface area contributed by atoms with Crippen LogP contribution in [-0.2, 0) is 4.74 Å². The molecule has 0 saturated heterocycles. The molecule has 0 saturated carbocycles. The van der Waals surface area contributed by atoms with E-state index >= 15 is 0 Å². The van der Waals surface area contributed by atoms with Crippen LogP contribution in [0, 0.1) is 5.41 Å². The van der Waals surface area contributed by atoms with Gasteiger partial charge in [0, 0.05) is 0 Å². The molecular weight excluding hydrogens is 154 g/mol. The third-order valence-corrected chi connectivity index (χ3v) is 0.647. The number of hydrogen-bond acceptors (Lipinski definition) is 2. The first-order chi connectivity index (χ1) is 3.92. The fraction of sp³-hybridized carbons (Fsp3) is 0.833. The van der Waals surface area contributed by atoms with Gasteiger partial charge in [-0.05, 0) is 5.41 Å². The van der Waals surface area contributed by atoms with Crippen LogP contribution in [0.4, 0.5) is 4.79 Å². The Kier molecular flexibility index (Phi) is 5.38. The van der Waals surface area contributed by atoms with Crippen molar-refractivity contribution in [2.45, 2.75) is 20.8 Å². The number of ether oxygens (including phenoxy) is 1. The fourth-order valence-electron chi connectivity index (χ4n) is 0.288. The summed E-state index contributed by atoms with van der Waals surface area (Å²) in [6, 6.07) is 0. The van der Waals surface area contributed by atoms with Crippen LogP contribution in [0.3, 0.4) is 0 Å². The second-order valence-corrected chi connectivity index (χ2v) is 3.17.